The molecule has 0 saturated heterocycles. The third kappa shape index (κ3) is 2.89. The maximum Gasteiger partial charge on any atom is 0.157 e. The van der Waals surface area contributed by atoms with Crippen molar-refractivity contribution < 1.29 is 0 Å². The lowest BCUT2D eigenvalue weighted by molar-refractivity contribution is 0.533. The monoisotopic (exact) mass is 272 g/mol. The summed E-state index contributed by atoms with van der Waals surface area (Å²) < 4.78 is 1.95. The molecule has 0 aromatic carbocycles. The van der Waals surface area contributed by atoms with Crippen LogP contribution in [0.15, 0.2) is 18.5 Å². The van der Waals surface area contributed by atoms with Crippen LogP contribution in [0.3, 0.4) is 0 Å². The van der Waals surface area contributed by atoms with E-state index in [-0.39, 0.29) is 10.8 Å². The van der Waals surface area contributed by atoms with E-state index in [2.05, 4.69) is 57.6 Å². The molecule has 0 amide bonds. The van der Waals surface area contributed by atoms with E-state index in [1.807, 2.05) is 17.7 Å². The Morgan fingerprint density at radius 1 is 0.900 bits per heavy atom. The van der Waals surface area contributed by atoms with Crippen molar-refractivity contribution in [2.24, 2.45) is 0 Å². The van der Waals surface area contributed by atoms with Crippen LogP contribution in [0.5, 0.6) is 0 Å². The minimum atomic E-state index is 0.00928. The average Bonchev–Trinajstić information content (AvgIpc) is 2.72. The van der Waals surface area contributed by atoms with Crippen LogP contribution in [-0.4, -0.2) is 19.7 Å². The van der Waals surface area contributed by atoms with Gasteiger partial charge in [0.25, 0.3) is 0 Å². The van der Waals surface area contributed by atoms with Gasteiger partial charge < -0.3 is 0 Å². The van der Waals surface area contributed by atoms with Gasteiger partial charge in [0, 0.05) is 22.6 Å². The molecule has 4 nitrogen and oxygen atoms in total. The topological polar surface area (TPSA) is 43.6 Å². The molecule has 2 aromatic rings. The van der Waals surface area contributed by atoms with E-state index < -0.39 is 0 Å². The Kier molecular flexibility index (Phi) is 3.44. The van der Waals surface area contributed by atoms with Gasteiger partial charge in [-0.1, -0.05) is 41.5 Å². The standard InChI is InChI=1S/C16H24N4/c1-11-8-14(18-10-17-11)20-13(16(5,6)7)9-12(19-20)15(2,3)4/h8-10H,1-7H3. The molecule has 0 unspecified atom stereocenters. The van der Waals surface area contributed by atoms with E-state index in [1.165, 1.54) is 5.69 Å². The van der Waals surface area contributed by atoms with Gasteiger partial charge in [-0.3, -0.25) is 0 Å². The molecule has 0 radical (unpaired) electrons. The molecule has 0 aliphatic rings. The highest BCUT2D eigenvalue weighted by Crippen LogP contribution is 2.29. The minimum Gasteiger partial charge on any atom is -0.242 e. The van der Waals surface area contributed by atoms with Gasteiger partial charge in [0.1, 0.15) is 6.33 Å². The van der Waals surface area contributed by atoms with Gasteiger partial charge in [0.2, 0.25) is 0 Å². The van der Waals surface area contributed by atoms with Crippen molar-refractivity contribution in [1.29, 1.82) is 0 Å². The number of hydrogen-bond donors (Lipinski definition) is 0. The smallest absolute Gasteiger partial charge is 0.157 e. The zero-order chi connectivity index (χ0) is 15.1. The molecule has 0 aliphatic carbocycles. The fourth-order valence-electron chi connectivity index (χ4n) is 2.01. The van der Waals surface area contributed by atoms with Crippen molar-refractivity contribution >= 4 is 0 Å². The fourth-order valence-corrected chi connectivity index (χ4v) is 2.01. The van der Waals surface area contributed by atoms with E-state index >= 15 is 0 Å². The Morgan fingerprint density at radius 3 is 2.05 bits per heavy atom. The normalized spacial score (nSPS) is 12.8. The fraction of sp³-hybridized carbons (Fsp3) is 0.562. The molecule has 0 saturated carbocycles. The maximum atomic E-state index is 4.79. The predicted octanol–water partition coefficient (Wildman–Crippen LogP) is 3.57. The van der Waals surface area contributed by atoms with Gasteiger partial charge in [-0.2, -0.15) is 5.10 Å². The average molecular weight is 272 g/mol. The second kappa shape index (κ2) is 4.69. The molecule has 2 heterocycles. The van der Waals surface area contributed by atoms with Gasteiger partial charge in [-0.05, 0) is 13.0 Å². The predicted molar refractivity (Wildman–Crippen MR) is 81.3 cm³/mol. The number of aryl methyl sites for hydroxylation is 1. The first kappa shape index (κ1) is 14.7. The molecule has 0 N–H and O–H groups in total. The molecular formula is C16H24N4. The van der Waals surface area contributed by atoms with Crippen LogP contribution >= 0.6 is 0 Å². The molecule has 0 bridgehead atoms. The Balaban J connectivity index is 2.65. The van der Waals surface area contributed by atoms with Crippen molar-refractivity contribution in [2.75, 3.05) is 0 Å². The van der Waals surface area contributed by atoms with Crippen molar-refractivity contribution in [2.45, 2.75) is 59.3 Å². The van der Waals surface area contributed by atoms with Gasteiger partial charge >= 0.3 is 0 Å². The van der Waals surface area contributed by atoms with E-state index in [4.69, 9.17) is 5.10 Å². The summed E-state index contributed by atoms with van der Waals surface area (Å²) in [7, 11) is 0. The Labute approximate surface area is 121 Å². The molecule has 0 aliphatic heterocycles. The number of hydrogen-bond acceptors (Lipinski definition) is 3. The van der Waals surface area contributed by atoms with Crippen LogP contribution in [-0.2, 0) is 10.8 Å². The van der Waals surface area contributed by atoms with Crippen molar-refractivity contribution in [1.82, 2.24) is 19.7 Å². The SMILES string of the molecule is Cc1cc(-n2nc(C(C)(C)C)cc2C(C)(C)C)ncn1. The molecule has 4 heteroatoms. The number of aromatic nitrogens is 4. The van der Waals surface area contributed by atoms with Crippen LogP contribution in [0.4, 0.5) is 0 Å². The first-order valence-corrected chi connectivity index (χ1v) is 6.99. The minimum absolute atomic E-state index is 0.00928. The van der Waals surface area contributed by atoms with Crippen LogP contribution in [0.1, 0.15) is 58.6 Å². The van der Waals surface area contributed by atoms with Crippen LogP contribution in [0.2, 0.25) is 0 Å². The highest BCUT2D eigenvalue weighted by Gasteiger charge is 2.26. The van der Waals surface area contributed by atoms with Gasteiger partial charge in [-0.15, -0.1) is 0 Å². The summed E-state index contributed by atoms with van der Waals surface area (Å²) >= 11 is 0. The van der Waals surface area contributed by atoms with Crippen molar-refractivity contribution in [3.05, 3.63) is 35.5 Å². The summed E-state index contributed by atoms with van der Waals surface area (Å²) in [4.78, 5) is 8.53. The first-order valence-electron chi connectivity index (χ1n) is 6.99. The van der Waals surface area contributed by atoms with Crippen LogP contribution in [0, 0.1) is 6.92 Å². The largest absolute Gasteiger partial charge is 0.242 e. The second-order valence-corrected chi connectivity index (χ2v) is 7.34. The van der Waals surface area contributed by atoms with E-state index in [0.717, 1.165) is 17.2 Å². The number of nitrogens with zero attached hydrogens (tertiary/aromatic N) is 4. The zero-order valence-corrected chi connectivity index (χ0v) is 13.5. The Hall–Kier alpha value is -1.71. The lowest BCUT2D eigenvalue weighted by Gasteiger charge is -2.19. The number of rotatable bonds is 1. The van der Waals surface area contributed by atoms with E-state index in [9.17, 15) is 0 Å². The third-order valence-corrected chi connectivity index (χ3v) is 3.25. The molecule has 0 fully saturated rings. The quantitative estimate of drug-likeness (QED) is 0.797. The Bertz CT molecular complexity index is 612. The highest BCUT2D eigenvalue weighted by atomic mass is 15.3. The summed E-state index contributed by atoms with van der Waals surface area (Å²) in [5, 5.41) is 4.79. The van der Waals surface area contributed by atoms with Crippen molar-refractivity contribution in [3.8, 4) is 5.82 Å². The summed E-state index contributed by atoms with van der Waals surface area (Å²) in [6, 6.07) is 4.16. The molecule has 108 valence electrons. The summed E-state index contributed by atoms with van der Waals surface area (Å²) in [5.41, 5.74) is 3.23. The third-order valence-electron chi connectivity index (χ3n) is 3.25. The molecule has 2 aromatic heterocycles. The molecule has 20 heavy (non-hydrogen) atoms. The van der Waals surface area contributed by atoms with Gasteiger partial charge in [0.05, 0.1) is 11.4 Å². The van der Waals surface area contributed by atoms with Crippen LogP contribution in [0.25, 0.3) is 5.82 Å². The Morgan fingerprint density at radius 2 is 1.55 bits per heavy atom. The lowest BCUT2D eigenvalue weighted by atomic mass is 9.88. The summed E-state index contributed by atoms with van der Waals surface area (Å²) in [6.07, 6.45) is 1.59. The first-order chi connectivity index (χ1) is 9.09. The molecular weight excluding hydrogens is 248 g/mol. The van der Waals surface area contributed by atoms with Gasteiger partial charge in [-0.25, -0.2) is 14.6 Å². The molecule has 0 spiro atoms. The lowest BCUT2D eigenvalue weighted by Crippen LogP contribution is -2.18. The van der Waals surface area contributed by atoms with E-state index in [1.54, 1.807) is 6.33 Å². The van der Waals surface area contributed by atoms with Crippen LogP contribution < -0.4 is 0 Å². The molecule has 2 rings (SSSR count). The van der Waals surface area contributed by atoms with Gasteiger partial charge in [0.15, 0.2) is 5.82 Å². The van der Waals surface area contributed by atoms with Crippen molar-refractivity contribution in [3.63, 3.8) is 0 Å². The highest BCUT2D eigenvalue weighted by molar-refractivity contribution is 5.32. The van der Waals surface area contributed by atoms with E-state index in [0.29, 0.717) is 0 Å². The summed E-state index contributed by atoms with van der Waals surface area (Å²) in [5.74, 6) is 0.831. The zero-order valence-electron chi connectivity index (χ0n) is 13.5. The molecule has 0 atom stereocenters. The second-order valence-electron chi connectivity index (χ2n) is 7.34. The maximum absolute atomic E-state index is 4.79. The summed E-state index contributed by atoms with van der Waals surface area (Å²) in [6.45, 7) is 15.1.